The number of nitrogens with one attached hydrogen (secondary N) is 2. The lowest BCUT2D eigenvalue weighted by atomic mass is 10.2. The Labute approximate surface area is 127 Å². The Balaban J connectivity index is 1.93. The summed E-state index contributed by atoms with van der Waals surface area (Å²) in [5.74, 6) is 1.08. The van der Waals surface area contributed by atoms with Crippen molar-refractivity contribution in [3.63, 3.8) is 0 Å². The number of pyridine rings is 1. The fourth-order valence-electron chi connectivity index (χ4n) is 1.79. The Bertz CT molecular complexity index is 627. The summed E-state index contributed by atoms with van der Waals surface area (Å²) in [6, 6.07) is 3.21. The lowest BCUT2D eigenvalue weighted by Gasteiger charge is -2.07. The van der Waals surface area contributed by atoms with Gasteiger partial charge in [0.1, 0.15) is 17.3 Å². The molecule has 0 aliphatic carbocycles. The van der Waals surface area contributed by atoms with Crippen LogP contribution in [0.4, 0.5) is 5.82 Å². The molecule has 7 nitrogen and oxygen atoms in total. The van der Waals surface area contributed by atoms with Crippen LogP contribution in [0.1, 0.15) is 23.1 Å². The van der Waals surface area contributed by atoms with Crippen molar-refractivity contribution in [3.8, 4) is 0 Å². The molecule has 21 heavy (non-hydrogen) atoms. The second-order valence-corrected chi connectivity index (χ2v) is 4.82. The van der Waals surface area contributed by atoms with Crippen LogP contribution in [0.5, 0.6) is 0 Å². The van der Waals surface area contributed by atoms with E-state index in [9.17, 15) is 4.79 Å². The van der Waals surface area contributed by atoms with Gasteiger partial charge in [-0.3, -0.25) is 9.48 Å². The first-order valence-electron chi connectivity index (χ1n) is 6.62. The minimum absolute atomic E-state index is 0.200. The summed E-state index contributed by atoms with van der Waals surface area (Å²) in [5, 5.41) is 10.3. The molecule has 2 aromatic rings. The smallest absolute Gasteiger partial charge is 0.251 e. The molecule has 8 heteroatoms. The third kappa shape index (κ3) is 4.42. The number of aromatic nitrogens is 4. The maximum atomic E-state index is 12.1. The van der Waals surface area contributed by atoms with E-state index in [1.807, 2.05) is 6.92 Å². The van der Waals surface area contributed by atoms with Crippen molar-refractivity contribution in [2.24, 2.45) is 7.05 Å². The van der Waals surface area contributed by atoms with Gasteiger partial charge in [-0.1, -0.05) is 11.6 Å². The van der Waals surface area contributed by atoms with E-state index in [-0.39, 0.29) is 11.1 Å². The highest BCUT2D eigenvalue weighted by Crippen LogP contribution is 2.14. The highest BCUT2D eigenvalue weighted by atomic mass is 35.5. The second-order valence-electron chi connectivity index (χ2n) is 4.43. The van der Waals surface area contributed by atoms with E-state index in [1.54, 1.807) is 24.1 Å². The van der Waals surface area contributed by atoms with Crippen LogP contribution in [0.2, 0.25) is 5.15 Å². The van der Waals surface area contributed by atoms with Gasteiger partial charge in [0.05, 0.1) is 0 Å². The molecule has 0 saturated heterocycles. The minimum Gasteiger partial charge on any atom is -0.370 e. The Kier molecular flexibility index (Phi) is 5.10. The molecule has 2 heterocycles. The molecule has 0 aliphatic heterocycles. The Hall–Kier alpha value is -2.15. The molecule has 112 valence electrons. The van der Waals surface area contributed by atoms with E-state index in [1.165, 1.54) is 6.07 Å². The predicted octanol–water partition coefficient (Wildman–Crippen LogP) is 1.27. The largest absolute Gasteiger partial charge is 0.370 e. The molecule has 1 amide bonds. The average Bonchev–Trinajstić information content (AvgIpc) is 2.84. The zero-order valence-corrected chi connectivity index (χ0v) is 12.7. The standard InChI is InChI=1S/C13H17ClN6O/c1-3-15-12-7-9(6-10(14)18-12)13(21)16-5-4-11-17-8-20(2)19-11/h6-8H,3-5H2,1-2H3,(H,15,18)(H,16,21). The number of carbonyl (C=O) groups is 1. The van der Waals surface area contributed by atoms with Crippen molar-refractivity contribution in [1.29, 1.82) is 0 Å². The first-order chi connectivity index (χ1) is 10.1. The fraction of sp³-hybridized carbons (Fsp3) is 0.385. The van der Waals surface area contributed by atoms with Crippen molar-refractivity contribution in [1.82, 2.24) is 25.1 Å². The Morgan fingerprint density at radius 1 is 1.43 bits per heavy atom. The van der Waals surface area contributed by atoms with Crippen LogP contribution in [-0.2, 0) is 13.5 Å². The van der Waals surface area contributed by atoms with Crippen molar-refractivity contribution >= 4 is 23.3 Å². The van der Waals surface area contributed by atoms with Crippen LogP contribution >= 0.6 is 11.6 Å². The van der Waals surface area contributed by atoms with Gasteiger partial charge in [0.25, 0.3) is 5.91 Å². The maximum Gasteiger partial charge on any atom is 0.251 e. The molecule has 2 rings (SSSR count). The van der Waals surface area contributed by atoms with E-state index in [0.29, 0.717) is 36.7 Å². The predicted molar refractivity (Wildman–Crippen MR) is 80.5 cm³/mol. The summed E-state index contributed by atoms with van der Waals surface area (Å²) >= 11 is 5.91. The van der Waals surface area contributed by atoms with Gasteiger partial charge in [0, 0.05) is 32.1 Å². The fourth-order valence-corrected chi connectivity index (χ4v) is 2.00. The number of anilines is 1. The summed E-state index contributed by atoms with van der Waals surface area (Å²) in [7, 11) is 1.80. The third-order valence-electron chi connectivity index (χ3n) is 2.70. The highest BCUT2D eigenvalue weighted by molar-refractivity contribution is 6.29. The lowest BCUT2D eigenvalue weighted by Crippen LogP contribution is -2.26. The van der Waals surface area contributed by atoms with Gasteiger partial charge in [0.2, 0.25) is 0 Å². The van der Waals surface area contributed by atoms with Gasteiger partial charge in [-0.05, 0) is 19.1 Å². The molecule has 0 atom stereocenters. The molecular formula is C13H17ClN6O. The molecule has 0 aromatic carbocycles. The van der Waals surface area contributed by atoms with Crippen molar-refractivity contribution < 1.29 is 4.79 Å². The summed E-state index contributed by atoms with van der Waals surface area (Å²) in [5.41, 5.74) is 0.472. The molecule has 0 unspecified atom stereocenters. The summed E-state index contributed by atoms with van der Waals surface area (Å²) in [6.45, 7) is 3.11. The van der Waals surface area contributed by atoms with Crippen molar-refractivity contribution in [3.05, 3.63) is 35.0 Å². The van der Waals surface area contributed by atoms with Gasteiger partial charge in [-0.2, -0.15) is 5.10 Å². The highest BCUT2D eigenvalue weighted by Gasteiger charge is 2.09. The number of nitrogens with zero attached hydrogens (tertiary/aromatic N) is 4. The normalized spacial score (nSPS) is 10.4. The molecule has 0 radical (unpaired) electrons. The Morgan fingerprint density at radius 2 is 2.24 bits per heavy atom. The van der Waals surface area contributed by atoms with E-state index in [2.05, 4.69) is 25.7 Å². The zero-order valence-electron chi connectivity index (χ0n) is 11.9. The summed E-state index contributed by atoms with van der Waals surface area (Å²) < 4.78 is 1.63. The van der Waals surface area contributed by atoms with Crippen LogP contribution < -0.4 is 10.6 Å². The van der Waals surface area contributed by atoms with E-state index < -0.39 is 0 Å². The number of hydrogen-bond acceptors (Lipinski definition) is 5. The molecule has 0 saturated carbocycles. The van der Waals surface area contributed by atoms with Gasteiger partial charge in [0.15, 0.2) is 5.82 Å². The number of rotatable bonds is 6. The number of amides is 1. The van der Waals surface area contributed by atoms with Gasteiger partial charge >= 0.3 is 0 Å². The van der Waals surface area contributed by atoms with Crippen LogP contribution in [0.3, 0.4) is 0 Å². The second kappa shape index (κ2) is 7.03. The molecule has 0 bridgehead atoms. The SMILES string of the molecule is CCNc1cc(C(=O)NCCc2ncn(C)n2)cc(Cl)n1. The maximum absolute atomic E-state index is 12.1. The zero-order chi connectivity index (χ0) is 15.2. The molecule has 2 aromatic heterocycles. The van der Waals surface area contributed by atoms with Crippen LogP contribution in [-0.4, -0.2) is 38.7 Å². The number of aryl methyl sites for hydroxylation is 1. The van der Waals surface area contributed by atoms with E-state index >= 15 is 0 Å². The quantitative estimate of drug-likeness (QED) is 0.785. The molecule has 2 N–H and O–H groups in total. The van der Waals surface area contributed by atoms with E-state index in [4.69, 9.17) is 11.6 Å². The van der Waals surface area contributed by atoms with Crippen molar-refractivity contribution in [2.45, 2.75) is 13.3 Å². The molecular weight excluding hydrogens is 292 g/mol. The van der Waals surface area contributed by atoms with Crippen LogP contribution in [0.25, 0.3) is 0 Å². The van der Waals surface area contributed by atoms with Crippen LogP contribution in [0.15, 0.2) is 18.5 Å². The van der Waals surface area contributed by atoms with Gasteiger partial charge in [-0.15, -0.1) is 0 Å². The first kappa shape index (κ1) is 15.2. The molecule has 0 fully saturated rings. The Morgan fingerprint density at radius 3 is 2.90 bits per heavy atom. The van der Waals surface area contributed by atoms with Crippen LogP contribution in [0, 0.1) is 0 Å². The first-order valence-corrected chi connectivity index (χ1v) is 7.00. The van der Waals surface area contributed by atoms with Gasteiger partial charge in [-0.25, -0.2) is 9.97 Å². The van der Waals surface area contributed by atoms with Gasteiger partial charge < -0.3 is 10.6 Å². The molecule has 0 aliphatic rings. The van der Waals surface area contributed by atoms with Crippen molar-refractivity contribution in [2.75, 3.05) is 18.4 Å². The summed E-state index contributed by atoms with van der Waals surface area (Å²) in [4.78, 5) is 20.3. The lowest BCUT2D eigenvalue weighted by molar-refractivity contribution is 0.0954. The van der Waals surface area contributed by atoms with E-state index in [0.717, 1.165) is 0 Å². The number of hydrogen-bond donors (Lipinski definition) is 2. The molecule has 0 spiro atoms. The topological polar surface area (TPSA) is 84.7 Å². The number of halogens is 1. The third-order valence-corrected chi connectivity index (χ3v) is 2.89. The number of carbonyl (C=O) groups excluding carboxylic acids is 1. The minimum atomic E-state index is -0.200. The average molecular weight is 309 g/mol. The summed E-state index contributed by atoms with van der Waals surface area (Å²) in [6.07, 6.45) is 2.20. The monoisotopic (exact) mass is 308 g/mol.